The van der Waals surface area contributed by atoms with Gasteiger partial charge in [0.05, 0.1) is 6.61 Å². The van der Waals surface area contributed by atoms with E-state index in [1.807, 2.05) is 0 Å². The summed E-state index contributed by atoms with van der Waals surface area (Å²) in [4.78, 5) is 36.4. The normalized spacial score (nSPS) is 13.2. The molecule has 1 aliphatic rings. The van der Waals surface area contributed by atoms with Crippen LogP contribution in [0.3, 0.4) is 0 Å². The number of carbonyl (C=O) groups excluding carboxylic acids is 2. The highest BCUT2D eigenvalue weighted by Crippen LogP contribution is 2.19. The summed E-state index contributed by atoms with van der Waals surface area (Å²) in [5.74, 6) is -1.53. The molecule has 0 spiro atoms. The minimum atomic E-state index is -1.10. The van der Waals surface area contributed by atoms with Gasteiger partial charge < -0.3 is 25.4 Å². The summed E-state index contributed by atoms with van der Waals surface area (Å²) in [6.45, 7) is -0.00970. The fourth-order valence-corrected chi connectivity index (χ4v) is 2.11. The Bertz CT molecular complexity index is 615. The third-order valence-corrected chi connectivity index (χ3v) is 3.46. The number of hydrogen-bond acceptors (Lipinski definition) is 4. The van der Waals surface area contributed by atoms with E-state index in [0.29, 0.717) is 11.3 Å². The van der Waals surface area contributed by atoms with Crippen LogP contribution in [0.4, 0.5) is 10.5 Å². The van der Waals surface area contributed by atoms with E-state index >= 15 is 0 Å². The van der Waals surface area contributed by atoms with Gasteiger partial charge in [0.1, 0.15) is 6.54 Å². The summed E-state index contributed by atoms with van der Waals surface area (Å²) in [5.41, 5.74) is 0.776. The number of ether oxygens (including phenoxy) is 1. The predicted molar refractivity (Wildman–Crippen MR) is 87.0 cm³/mol. The second-order valence-corrected chi connectivity index (χ2v) is 5.57. The highest BCUT2D eigenvalue weighted by Gasteiger charge is 2.23. The van der Waals surface area contributed by atoms with E-state index in [9.17, 15) is 14.4 Å². The molecule has 3 N–H and O–H groups in total. The monoisotopic (exact) mass is 335 g/mol. The van der Waals surface area contributed by atoms with Crippen LogP contribution in [0.1, 0.15) is 23.2 Å². The lowest BCUT2D eigenvalue weighted by Crippen LogP contribution is -2.38. The molecule has 1 fully saturated rings. The molecule has 3 amide bonds. The first-order valence-corrected chi connectivity index (χ1v) is 7.67. The van der Waals surface area contributed by atoms with E-state index in [0.717, 1.165) is 12.8 Å². The Morgan fingerprint density at radius 3 is 2.71 bits per heavy atom. The first-order valence-electron chi connectivity index (χ1n) is 7.67. The molecule has 0 bridgehead atoms. The molecule has 8 nitrogen and oxygen atoms in total. The number of nitrogens with zero attached hydrogens (tertiary/aromatic N) is 1. The van der Waals surface area contributed by atoms with Crippen LogP contribution in [0, 0.1) is 0 Å². The Balaban J connectivity index is 2.04. The number of urea groups is 1. The van der Waals surface area contributed by atoms with Crippen molar-refractivity contribution in [1.29, 1.82) is 0 Å². The zero-order valence-electron chi connectivity index (χ0n) is 13.4. The van der Waals surface area contributed by atoms with Gasteiger partial charge in [0, 0.05) is 30.9 Å². The van der Waals surface area contributed by atoms with Crippen LogP contribution in [0.25, 0.3) is 0 Å². The lowest BCUT2D eigenvalue weighted by molar-refractivity contribution is -0.137. The summed E-state index contributed by atoms with van der Waals surface area (Å²) in [7, 11) is 1.48. The third-order valence-electron chi connectivity index (χ3n) is 3.46. The molecule has 1 aliphatic carbocycles. The quantitative estimate of drug-likeness (QED) is 0.660. The van der Waals surface area contributed by atoms with Crippen LogP contribution < -0.4 is 10.6 Å². The molecular weight excluding hydrogens is 314 g/mol. The van der Waals surface area contributed by atoms with Gasteiger partial charge in [-0.2, -0.15) is 0 Å². The first-order chi connectivity index (χ1) is 11.5. The number of hydrogen-bond donors (Lipinski definition) is 3. The number of amides is 3. The van der Waals surface area contributed by atoms with Crippen LogP contribution in [0.2, 0.25) is 0 Å². The second kappa shape index (κ2) is 8.30. The topological polar surface area (TPSA) is 108 Å². The summed E-state index contributed by atoms with van der Waals surface area (Å²) in [6, 6.07) is 6.32. The number of anilines is 1. The van der Waals surface area contributed by atoms with Crippen LogP contribution >= 0.6 is 0 Å². The van der Waals surface area contributed by atoms with Crippen molar-refractivity contribution in [1.82, 2.24) is 10.2 Å². The Morgan fingerprint density at radius 2 is 2.08 bits per heavy atom. The smallest absolute Gasteiger partial charge is 0.323 e. The van der Waals surface area contributed by atoms with Crippen molar-refractivity contribution in [2.75, 3.05) is 32.1 Å². The molecule has 24 heavy (non-hydrogen) atoms. The van der Waals surface area contributed by atoms with E-state index in [1.165, 1.54) is 18.1 Å². The highest BCUT2D eigenvalue weighted by atomic mass is 16.5. The SMILES string of the molecule is COCCN(CC(=O)O)C(=O)c1cccc(NC(=O)NC2CC2)c1. The molecule has 2 rings (SSSR count). The molecule has 0 radical (unpaired) electrons. The number of carboxylic acid groups (broad SMARTS) is 1. The van der Waals surface area contributed by atoms with Gasteiger partial charge in [0.25, 0.3) is 5.91 Å². The van der Waals surface area contributed by atoms with Crippen molar-refractivity contribution in [3.63, 3.8) is 0 Å². The van der Waals surface area contributed by atoms with Gasteiger partial charge in [0.2, 0.25) is 0 Å². The fraction of sp³-hybridized carbons (Fsp3) is 0.438. The Hall–Kier alpha value is -2.61. The number of benzene rings is 1. The first kappa shape index (κ1) is 17.7. The molecule has 1 saturated carbocycles. The van der Waals surface area contributed by atoms with Gasteiger partial charge in [0.15, 0.2) is 0 Å². The number of methoxy groups -OCH3 is 1. The van der Waals surface area contributed by atoms with Crippen LogP contribution in [-0.2, 0) is 9.53 Å². The molecule has 0 aliphatic heterocycles. The van der Waals surface area contributed by atoms with Crippen molar-refractivity contribution in [2.45, 2.75) is 18.9 Å². The van der Waals surface area contributed by atoms with Crippen molar-refractivity contribution in [2.24, 2.45) is 0 Å². The molecule has 0 unspecified atom stereocenters. The fourth-order valence-electron chi connectivity index (χ4n) is 2.11. The van der Waals surface area contributed by atoms with E-state index in [4.69, 9.17) is 9.84 Å². The van der Waals surface area contributed by atoms with Gasteiger partial charge in [-0.3, -0.25) is 9.59 Å². The second-order valence-electron chi connectivity index (χ2n) is 5.57. The average Bonchev–Trinajstić information content (AvgIpc) is 3.34. The third kappa shape index (κ3) is 5.54. The Kier molecular flexibility index (Phi) is 6.14. The van der Waals surface area contributed by atoms with Gasteiger partial charge in [-0.1, -0.05) is 6.07 Å². The molecule has 1 aromatic rings. The lowest BCUT2D eigenvalue weighted by Gasteiger charge is -2.20. The summed E-state index contributed by atoms with van der Waals surface area (Å²) < 4.78 is 4.91. The van der Waals surface area contributed by atoms with Crippen molar-refractivity contribution in [3.05, 3.63) is 29.8 Å². The molecule has 1 aromatic carbocycles. The maximum atomic E-state index is 12.5. The van der Waals surface area contributed by atoms with E-state index < -0.39 is 18.4 Å². The van der Waals surface area contributed by atoms with Crippen molar-refractivity contribution >= 4 is 23.6 Å². The zero-order chi connectivity index (χ0) is 17.5. The van der Waals surface area contributed by atoms with Gasteiger partial charge in [-0.15, -0.1) is 0 Å². The minimum Gasteiger partial charge on any atom is -0.480 e. The van der Waals surface area contributed by atoms with Crippen molar-refractivity contribution < 1.29 is 24.2 Å². The van der Waals surface area contributed by atoms with Gasteiger partial charge in [-0.25, -0.2) is 4.79 Å². The molecular formula is C16H21N3O5. The largest absolute Gasteiger partial charge is 0.480 e. The molecule has 130 valence electrons. The number of carbonyl (C=O) groups is 3. The molecule has 0 heterocycles. The summed E-state index contributed by atoms with van der Waals surface area (Å²) in [6.07, 6.45) is 1.96. The summed E-state index contributed by atoms with van der Waals surface area (Å²) in [5, 5.41) is 14.4. The van der Waals surface area contributed by atoms with Crippen LogP contribution in [-0.4, -0.2) is 60.8 Å². The van der Waals surface area contributed by atoms with E-state index in [2.05, 4.69) is 10.6 Å². The Labute approximate surface area is 139 Å². The number of nitrogens with one attached hydrogen (secondary N) is 2. The van der Waals surface area contributed by atoms with E-state index in [1.54, 1.807) is 18.2 Å². The van der Waals surface area contributed by atoms with Gasteiger partial charge >= 0.3 is 12.0 Å². The molecule has 0 aromatic heterocycles. The molecule has 0 saturated heterocycles. The number of carboxylic acids is 1. The predicted octanol–water partition coefficient (Wildman–Crippen LogP) is 1.14. The minimum absolute atomic E-state index is 0.168. The zero-order valence-corrected chi connectivity index (χ0v) is 13.4. The van der Waals surface area contributed by atoms with Crippen LogP contribution in [0.15, 0.2) is 24.3 Å². The maximum Gasteiger partial charge on any atom is 0.323 e. The van der Waals surface area contributed by atoms with Crippen molar-refractivity contribution in [3.8, 4) is 0 Å². The van der Waals surface area contributed by atoms with E-state index in [-0.39, 0.29) is 25.2 Å². The lowest BCUT2D eigenvalue weighted by atomic mass is 10.1. The molecule has 0 atom stereocenters. The van der Waals surface area contributed by atoms with Gasteiger partial charge in [-0.05, 0) is 31.0 Å². The number of aliphatic carboxylic acids is 1. The highest BCUT2D eigenvalue weighted by molar-refractivity contribution is 5.98. The molecule has 8 heteroatoms. The maximum absolute atomic E-state index is 12.5. The van der Waals surface area contributed by atoms with Crippen LogP contribution in [0.5, 0.6) is 0 Å². The standard InChI is InChI=1S/C16H21N3O5/c1-24-8-7-19(10-14(20)21)15(22)11-3-2-4-13(9-11)18-16(23)17-12-5-6-12/h2-4,9,12H,5-8,10H2,1H3,(H,20,21)(H2,17,18,23). The number of rotatable bonds is 8. The summed E-state index contributed by atoms with van der Waals surface area (Å²) >= 11 is 0. The Morgan fingerprint density at radius 1 is 1.33 bits per heavy atom. The average molecular weight is 335 g/mol.